The maximum Gasteiger partial charge on any atom is 0.242 e. The molecule has 1 amide bonds. The van der Waals surface area contributed by atoms with Gasteiger partial charge in [-0.3, -0.25) is 4.79 Å². The van der Waals surface area contributed by atoms with Crippen LogP contribution >= 0.6 is 23.2 Å². The molecule has 0 saturated heterocycles. The number of halogens is 2. The van der Waals surface area contributed by atoms with E-state index in [1.165, 1.54) is 18.2 Å². The topological polar surface area (TPSA) is 75.3 Å². The molecular weight excluding hydrogens is 443 g/mol. The molecule has 3 rings (SSSR count). The smallest absolute Gasteiger partial charge is 0.242 e. The molecule has 2 N–H and O–H groups in total. The zero-order valence-electron chi connectivity index (χ0n) is 16.1. The maximum atomic E-state index is 13.0. The van der Waals surface area contributed by atoms with Gasteiger partial charge in [-0.1, -0.05) is 71.2 Å². The summed E-state index contributed by atoms with van der Waals surface area (Å²) in [6, 6.07) is 19.5. The van der Waals surface area contributed by atoms with Gasteiger partial charge in [0.25, 0.3) is 0 Å². The van der Waals surface area contributed by atoms with E-state index >= 15 is 0 Å². The molecule has 8 heteroatoms. The fourth-order valence-corrected chi connectivity index (χ4v) is 4.80. The zero-order chi connectivity index (χ0) is 21.7. The lowest BCUT2D eigenvalue weighted by Crippen LogP contribution is -2.45. The first kappa shape index (κ1) is 22.3. The molecule has 0 unspecified atom stereocenters. The Kier molecular flexibility index (Phi) is 7.15. The van der Waals surface area contributed by atoms with E-state index in [-0.39, 0.29) is 21.4 Å². The number of hydrogen-bond acceptors (Lipinski definition) is 3. The second kappa shape index (κ2) is 9.62. The lowest BCUT2D eigenvalue weighted by Gasteiger charge is -2.19. The summed E-state index contributed by atoms with van der Waals surface area (Å²) in [6.45, 7) is 1.94. The summed E-state index contributed by atoms with van der Waals surface area (Å²) in [5.74, 6) is -0.482. The highest BCUT2D eigenvalue weighted by atomic mass is 35.5. The van der Waals surface area contributed by atoms with Crippen molar-refractivity contribution in [3.05, 3.63) is 94.0 Å². The van der Waals surface area contributed by atoms with Crippen molar-refractivity contribution in [1.29, 1.82) is 0 Å². The quantitative estimate of drug-likeness (QED) is 0.527. The third kappa shape index (κ3) is 5.83. The molecule has 0 fully saturated rings. The van der Waals surface area contributed by atoms with Crippen LogP contribution in [0.3, 0.4) is 0 Å². The van der Waals surface area contributed by atoms with E-state index in [0.29, 0.717) is 5.69 Å². The number of sulfonamides is 1. The number of benzene rings is 3. The predicted octanol–water partition coefficient (Wildman–Crippen LogP) is 4.83. The van der Waals surface area contributed by atoms with Crippen LogP contribution in [-0.2, 0) is 21.2 Å². The van der Waals surface area contributed by atoms with Gasteiger partial charge in [0, 0.05) is 10.7 Å². The van der Waals surface area contributed by atoms with Gasteiger partial charge in [0.05, 0.1) is 5.02 Å². The molecule has 5 nitrogen and oxygen atoms in total. The second-order valence-corrected chi connectivity index (χ2v) is 9.32. The lowest BCUT2D eigenvalue weighted by molar-refractivity contribution is -0.117. The first-order valence-corrected chi connectivity index (χ1v) is 11.4. The standard InChI is InChI=1S/C22H20Cl2N2O3S/c1-15-7-10-18(11-8-15)25-22(27)20(13-16-5-3-2-4-6-16)26-30(28,29)21-14-17(23)9-12-19(21)24/h2-12,14,20,26H,13H2,1H3,(H,25,27)/t20-/m0/s1. The summed E-state index contributed by atoms with van der Waals surface area (Å²) in [5, 5.41) is 3.01. The monoisotopic (exact) mass is 462 g/mol. The molecule has 0 heterocycles. The number of carbonyl (C=O) groups excluding carboxylic acids is 1. The van der Waals surface area contributed by atoms with E-state index in [9.17, 15) is 13.2 Å². The summed E-state index contributed by atoms with van der Waals surface area (Å²) in [5.41, 5.74) is 2.43. The van der Waals surface area contributed by atoms with Crippen molar-refractivity contribution >= 4 is 44.8 Å². The van der Waals surface area contributed by atoms with Crippen molar-refractivity contribution in [3.63, 3.8) is 0 Å². The van der Waals surface area contributed by atoms with E-state index in [0.717, 1.165) is 11.1 Å². The second-order valence-electron chi connectivity index (χ2n) is 6.79. The van der Waals surface area contributed by atoms with Crippen LogP contribution in [0.5, 0.6) is 0 Å². The van der Waals surface area contributed by atoms with Gasteiger partial charge in [0.15, 0.2) is 0 Å². The maximum absolute atomic E-state index is 13.0. The fraction of sp³-hybridized carbons (Fsp3) is 0.136. The lowest BCUT2D eigenvalue weighted by atomic mass is 10.1. The van der Waals surface area contributed by atoms with Crippen molar-refractivity contribution in [2.24, 2.45) is 0 Å². The summed E-state index contributed by atoms with van der Waals surface area (Å²) in [6.07, 6.45) is 0.163. The molecule has 0 aliphatic carbocycles. The number of hydrogen-bond donors (Lipinski definition) is 2. The van der Waals surface area contributed by atoms with Gasteiger partial charge in [-0.2, -0.15) is 4.72 Å². The van der Waals surface area contributed by atoms with Gasteiger partial charge in [0.2, 0.25) is 15.9 Å². The molecular formula is C22H20Cl2N2O3S. The number of aryl methyl sites for hydroxylation is 1. The van der Waals surface area contributed by atoms with E-state index in [2.05, 4.69) is 10.0 Å². The third-order valence-electron chi connectivity index (χ3n) is 4.40. The number of amides is 1. The molecule has 3 aromatic carbocycles. The molecule has 0 saturated carbocycles. The SMILES string of the molecule is Cc1ccc(NC(=O)[C@H](Cc2ccccc2)NS(=O)(=O)c2cc(Cl)ccc2Cl)cc1. The summed E-state index contributed by atoms with van der Waals surface area (Å²) < 4.78 is 28.4. The largest absolute Gasteiger partial charge is 0.325 e. The van der Waals surface area contributed by atoms with E-state index in [1.54, 1.807) is 12.1 Å². The number of rotatable bonds is 7. The van der Waals surface area contributed by atoms with Crippen molar-refractivity contribution in [3.8, 4) is 0 Å². The Morgan fingerprint density at radius 3 is 2.30 bits per heavy atom. The molecule has 30 heavy (non-hydrogen) atoms. The minimum absolute atomic E-state index is 0.0179. The molecule has 0 aromatic heterocycles. The molecule has 0 aliphatic heterocycles. The Morgan fingerprint density at radius 2 is 1.63 bits per heavy atom. The minimum Gasteiger partial charge on any atom is -0.325 e. The van der Waals surface area contributed by atoms with Crippen LogP contribution in [0.25, 0.3) is 0 Å². The molecule has 3 aromatic rings. The summed E-state index contributed by atoms with van der Waals surface area (Å²) >= 11 is 12.0. The average Bonchev–Trinajstić information content (AvgIpc) is 2.71. The van der Waals surface area contributed by atoms with Crippen LogP contribution in [0.2, 0.25) is 10.0 Å². The predicted molar refractivity (Wildman–Crippen MR) is 121 cm³/mol. The van der Waals surface area contributed by atoms with Gasteiger partial charge < -0.3 is 5.32 Å². The molecule has 0 bridgehead atoms. The fourth-order valence-electron chi connectivity index (χ4n) is 2.84. The number of anilines is 1. The first-order chi connectivity index (χ1) is 14.2. The van der Waals surface area contributed by atoms with Crippen molar-refractivity contribution in [2.45, 2.75) is 24.3 Å². The zero-order valence-corrected chi connectivity index (χ0v) is 18.4. The Labute approximate surface area is 186 Å². The van der Waals surface area contributed by atoms with Gasteiger partial charge in [-0.05, 0) is 49.2 Å². The molecule has 0 radical (unpaired) electrons. The van der Waals surface area contributed by atoms with Crippen LogP contribution in [0.4, 0.5) is 5.69 Å². The average molecular weight is 463 g/mol. The third-order valence-corrected chi connectivity index (χ3v) is 6.59. The van der Waals surface area contributed by atoms with Gasteiger partial charge >= 0.3 is 0 Å². The Bertz CT molecular complexity index is 1130. The first-order valence-electron chi connectivity index (χ1n) is 9.13. The highest BCUT2D eigenvalue weighted by molar-refractivity contribution is 7.89. The highest BCUT2D eigenvalue weighted by Gasteiger charge is 2.28. The summed E-state index contributed by atoms with van der Waals surface area (Å²) in [7, 11) is -4.10. The van der Waals surface area contributed by atoms with E-state index < -0.39 is 22.0 Å². The van der Waals surface area contributed by atoms with Crippen LogP contribution < -0.4 is 10.0 Å². The van der Waals surface area contributed by atoms with E-state index in [1.807, 2.05) is 49.4 Å². The van der Waals surface area contributed by atoms with Crippen molar-refractivity contribution in [2.75, 3.05) is 5.32 Å². The van der Waals surface area contributed by atoms with Gasteiger partial charge in [0.1, 0.15) is 10.9 Å². The van der Waals surface area contributed by atoms with Crippen molar-refractivity contribution < 1.29 is 13.2 Å². The van der Waals surface area contributed by atoms with E-state index in [4.69, 9.17) is 23.2 Å². The number of carbonyl (C=O) groups is 1. The highest BCUT2D eigenvalue weighted by Crippen LogP contribution is 2.25. The molecule has 1 atom stereocenters. The van der Waals surface area contributed by atoms with Gasteiger partial charge in [-0.15, -0.1) is 0 Å². The normalized spacial score (nSPS) is 12.4. The van der Waals surface area contributed by atoms with Crippen LogP contribution in [0.1, 0.15) is 11.1 Å². The van der Waals surface area contributed by atoms with Crippen molar-refractivity contribution in [1.82, 2.24) is 4.72 Å². The Morgan fingerprint density at radius 1 is 0.967 bits per heavy atom. The molecule has 0 aliphatic rings. The minimum atomic E-state index is -4.10. The molecule has 156 valence electrons. The Hall–Kier alpha value is -2.38. The number of nitrogens with one attached hydrogen (secondary N) is 2. The van der Waals surface area contributed by atoms with Gasteiger partial charge in [-0.25, -0.2) is 8.42 Å². The van der Waals surface area contributed by atoms with Crippen LogP contribution in [0.15, 0.2) is 77.7 Å². The Balaban J connectivity index is 1.89. The van der Waals surface area contributed by atoms with Crippen LogP contribution in [-0.4, -0.2) is 20.4 Å². The molecule has 0 spiro atoms. The van der Waals surface area contributed by atoms with Crippen LogP contribution in [0, 0.1) is 6.92 Å². The summed E-state index contributed by atoms with van der Waals surface area (Å²) in [4.78, 5) is 12.8.